The van der Waals surface area contributed by atoms with Crippen LogP contribution in [0, 0.1) is 29.0 Å². The number of benzene rings is 1. The Balaban J connectivity index is 1.54. The number of amides is 1. The van der Waals surface area contributed by atoms with Crippen LogP contribution in [0.4, 0.5) is 30.7 Å². The van der Waals surface area contributed by atoms with Gasteiger partial charge in [0.05, 0.1) is 0 Å². The Morgan fingerprint density at radius 3 is 1.94 bits per heavy atom. The molecule has 0 aromatic heterocycles. The standard InChI is InChI=1S/C22H25F7N2O/c23-17-3-1-2-16(9-17)18(32)31-20(21(24,25)26,22(27,28)29)30-5-4-19-10-13-6-14(11-19)8-15(7-13)12-19/h1-3,9,13-15,30H,4-8,10-12H2,(H,31,32). The summed E-state index contributed by atoms with van der Waals surface area (Å²) < 4.78 is 96.4. The molecule has 2 N–H and O–H groups in total. The average Bonchev–Trinajstić information content (AvgIpc) is 2.64. The highest BCUT2D eigenvalue weighted by atomic mass is 19.4. The van der Waals surface area contributed by atoms with Crippen molar-refractivity contribution in [2.45, 2.75) is 63.0 Å². The van der Waals surface area contributed by atoms with Gasteiger partial charge in [-0.1, -0.05) is 6.07 Å². The summed E-state index contributed by atoms with van der Waals surface area (Å²) in [7, 11) is 0. The maximum atomic E-state index is 13.8. The molecular weight excluding hydrogens is 441 g/mol. The largest absolute Gasteiger partial charge is 0.434 e. The maximum absolute atomic E-state index is 13.8. The first-order chi connectivity index (χ1) is 14.8. The van der Waals surface area contributed by atoms with Crippen LogP contribution in [0.25, 0.3) is 0 Å². The summed E-state index contributed by atoms with van der Waals surface area (Å²) >= 11 is 0. The fourth-order valence-corrected chi connectivity index (χ4v) is 6.53. The Bertz CT molecular complexity index is 815. The lowest BCUT2D eigenvalue weighted by Crippen LogP contribution is -2.75. The van der Waals surface area contributed by atoms with Gasteiger partial charge in [0.1, 0.15) is 5.82 Å². The molecule has 0 aliphatic heterocycles. The van der Waals surface area contributed by atoms with Crippen molar-refractivity contribution in [2.24, 2.45) is 23.2 Å². The lowest BCUT2D eigenvalue weighted by Gasteiger charge is -2.57. The van der Waals surface area contributed by atoms with Crippen LogP contribution in [0.15, 0.2) is 24.3 Å². The van der Waals surface area contributed by atoms with Crippen molar-refractivity contribution in [1.82, 2.24) is 10.6 Å². The third-order valence-corrected chi connectivity index (χ3v) is 7.45. The number of nitrogens with one attached hydrogen (secondary N) is 2. The van der Waals surface area contributed by atoms with E-state index >= 15 is 0 Å². The molecule has 4 aliphatic carbocycles. The molecule has 0 spiro atoms. The van der Waals surface area contributed by atoms with Crippen LogP contribution in [0.1, 0.15) is 55.3 Å². The number of halogens is 7. The molecule has 0 saturated heterocycles. The zero-order valence-electron chi connectivity index (χ0n) is 17.3. The summed E-state index contributed by atoms with van der Waals surface area (Å²) in [5.41, 5.74) is -5.51. The van der Waals surface area contributed by atoms with Crippen LogP contribution in [0.5, 0.6) is 0 Å². The first-order valence-corrected chi connectivity index (χ1v) is 10.8. The Hall–Kier alpha value is -1.84. The Morgan fingerprint density at radius 1 is 0.938 bits per heavy atom. The first kappa shape index (κ1) is 23.3. The van der Waals surface area contributed by atoms with Crippen molar-refractivity contribution in [1.29, 1.82) is 0 Å². The van der Waals surface area contributed by atoms with E-state index in [-0.39, 0.29) is 11.8 Å². The summed E-state index contributed by atoms with van der Waals surface area (Å²) in [6.07, 6.45) is -5.74. The second-order valence-electron chi connectivity index (χ2n) is 9.80. The van der Waals surface area contributed by atoms with Crippen molar-refractivity contribution in [3.05, 3.63) is 35.6 Å². The fourth-order valence-electron chi connectivity index (χ4n) is 6.53. The first-order valence-electron chi connectivity index (χ1n) is 10.8. The normalized spacial score (nSPS) is 29.9. The second-order valence-corrected chi connectivity index (χ2v) is 9.80. The topological polar surface area (TPSA) is 41.1 Å². The number of hydrogen-bond donors (Lipinski definition) is 2. The average molecular weight is 466 g/mol. The molecule has 1 aromatic rings. The van der Waals surface area contributed by atoms with E-state index < -0.39 is 41.8 Å². The predicted molar refractivity (Wildman–Crippen MR) is 102 cm³/mol. The predicted octanol–water partition coefficient (Wildman–Crippen LogP) is 5.57. The number of carbonyl (C=O) groups is 1. The zero-order valence-corrected chi connectivity index (χ0v) is 17.3. The Labute approximate surface area is 181 Å². The molecule has 0 radical (unpaired) electrons. The van der Waals surface area contributed by atoms with Crippen LogP contribution >= 0.6 is 0 Å². The lowest BCUT2D eigenvalue weighted by atomic mass is 9.49. The number of carbonyl (C=O) groups excluding carboxylic acids is 1. The number of rotatable bonds is 6. The van der Waals surface area contributed by atoms with Gasteiger partial charge in [-0.05, 0) is 92.9 Å². The molecule has 0 heterocycles. The van der Waals surface area contributed by atoms with Gasteiger partial charge in [-0.15, -0.1) is 0 Å². The summed E-state index contributed by atoms with van der Waals surface area (Å²) in [5, 5.41) is 2.72. The van der Waals surface area contributed by atoms with Crippen molar-refractivity contribution in [2.75, 3.05) is 6.54 Å². The van der Waals surface area contributed by atoms with E-state index in [4.69, 9.17) is 0 Å². The smallest absolute Gasteiger partial charge is 0.319 e. The molecule has 178 valence electrons. The van der Waals surface area contributed by atoms with E-state index in [0.717, 1.165) is 62.0 Å². The molecule has 5 rings (SSSR count). The van der Waals surface area contributed by atoms with Crippen LogP contribution in [-0.4, -0.2) is 30.5 Å². The van der Waals surface area contributed by atoms with Crippen LogP contribution in [0.3, 0.4) is 0 Å². The van der Waals surface area contributed by atoms with Crippen molar-refractivity contribution in [3.63, 3.8) is 0 Å². The molecule has 3 nitrogen and oxygen atoms in total. The van der Waals surface area contributed by atoms with Gasteiger partial charge in [0, 0.05) is 5.56 Å². The summed E-state index contributed by atoms with van der Waals surface area (Å²) in [6.45, 7) is -0.547. The molecule has 1 aromatic carbocycles. The monoisotopic (exact) mass is 466 g/mol. The molecule has 4 fully saturated rings. The fraction of sp³-hybridized carbons (Fsp3) is 0.682. The van der Waals surface area contributed by atoms with E-state index in [1.165, 1.54) is 0 Å². The number of hydrogen-bond acceptors (Lipinski definition) is 2. The Morgan fingerprint density at radius 2 is 1.47 bits per heavy atom. The van der Waals surface area contributed by atoms with Crippen molar-refractivity contribution >= 4 is 5.91 Å². The minimum absolute atomic E-state index is 0.181. The van der Waals surface area contributed by atoms with E-state index in [0.29, 0.717) is 23.8 Å². The van der Waals surface area contributed by atoms with Gasteiger partial charge in [0.2, 0.25) is 0 Å². The van der Waals surface area contributed by atoms with Crippen molar-refractivity contribution < 1.29 is 35.5 Å². The van der Waals surface area contributed by atoms with Crippen molar-refractivity contribution in [3.8, 4) is 0 Å². The molecule has 10 heteroatoms. The SMILES string of the molecule is O=C(NC(NCCC12CC3CC(CC(C3)C1)C2)(C(F)(F)F)C(F)(F)F)c1cccc(F)c1. The Kier molecular flexibility index (Phi) is 5.75. The molecule has 0 atom stereocenters. The van der Waals surface area contributed by atoms with E-state index in [2.05, 4.69) is 0 Å². The van der Waals surface area contributed by atoms with Gasteiger partial charge in [-0.25, -0.2) is 4.39 Å². The van der Waals surface area contributed by atoms with Crippen LogP contribution < -0.4 is 10.6 Å². The quantitative estimate of drug-likeness (QED) is 0.425. The van der Waals surface area contributed by atoms with E-state index in [1.54, 1.807) is 5.32 Å². The minimum Gasteiger partial charge on any atom is -0.319 e. The molecule has 4 bridgehead atoms. The van der Waals surface area contributed by atoms with Gasteiger partial charge in [-0.3, -0.25) is 10.1 Å². The number of alkyl halides is 6. The third kappa shape index (κ3) is 4.22. The summed E-state index contributed by atoms with van der Waals surface area (Å²) in [5.74, 6) is -1.10. The molecule has 4 saturated carbocycles. The molecule has 32 heavy (non-hydrogen) atoms. The molecular formula is C22H25F7N2O. The van der Waals surface area contributed by atoms with Crippen LogP contribution in [-0.2, 0) is 0 Å². The summed E-state index contributed by atoms with van der Waals surface area (Å²) in [4.78, 5) is 12.3. The minimum atomic E-state index is -5.87. The van der Waals surface area contributed by atoms with Gasteiger partial charge in [-0.2, -0.15) is 26.3 Å². The van der Waals surface area contributed by atoms with E-state index in [9.17, 15) is 35.5 Å². The van der Waals surface area contributed by atoms with Crippen LogP contribution in [0.2, 0.25) is 0 Å². The second kappa shape index (κ2) is 7.88. The van der Waals surface area contributed by atoms with Gasteiger partial charge >= 0.3 is 12.4 Å². The highest BCUT2D eigenvalue weighted by Crippen LogP contribution is 2.61. The van der Waals surface area contributed by atoms with E-state index in [1.807, 2.05) is 0 Å². The third-order valence-electron chi connectivity index (χ3n) is 7.45. The zero-order chi connectivity index (χ0) is 23.4. The van der Waals surface area contributed by atoms with Gasteiger partial charge in [0.25, 0.3) is 11.6 Å². The highest BCUT2D eigenvalue weighted by Gasteiger charge is 2.72. The highest BCUT2D eigenvalue weighted by molar-refractivity contribution is 5.94. The van der Waals surface area contributed by atoms with Gasteiger partial charge < -0.3 is 5.32 Å². The van der Waals surface area contributed by atoms with Gasteiger partial charge in [0.15, 0.2) is 0 Å². The summed E-state index contributed by atoms with van der Waals surface area (Å²) in [6, 6.07) is 3.50. The molecule has 1 amide bonds. The lowest BCUT2D eigenvalue weighted by molar-refractivity contribution is -0.314. The maximum Gasteiger partial charge on any atom is 0.434 e. The molecule has 4 aliphatic rings. The molecule has 0 unspecified atom stereocenters.